The Balaban J connectivity index is 1.80. The van der Waals surface area contributed by atoms with Crippen molar-refractivity contribution in [2.75, 3.05) is 23.8 Å². The van der Waals surface area contributed by atoms with Gasteiger partial charge in [0.15, 0.2) is 13.2 Å². The minimum Gasteiger partial charge on any atom is -0.452 e. The third-order valence-corrected chi connectivity index (χ3v) is 4.38. The van der Waals surface area contributed by atoms with Gasteiger partial charge in [-0.3, -0.25) is 29.8 Å². The highest BCUT2D eigenvalue weighted by atomic mass is 35.5. The Bertz CT molecular complexity index is 1170. The van der Waals surface area contributed by atoms with Crippen LogP contribution >= 0.6 is 23.2 Å². The molecule has 0 saturated heterocycles. The lowest BCUT2D eigenvalue weighted by atomic mass is 10.2. The molecular weight excluding hydrogens is 527 g/mol. The fourth-order valence-electron chi connectivity index (χ4n) is 2.41. The van der Waals surface area contributed by atoms with Crippen molar-refractivity contribution in [1.82, 2.24) is 0 Å². The molecule has 0 fully saturated rings. The van der Waals surface area contributed by atoms with Crippen molar-refractivity contribution >= 4 is 69.7 Å². The van der Waals surface area contributed by atoms with E-state index in [-0.39, 0.29) is 21.4 Å². The molecule has 2 amide bonds. The molecule has 0 radical (unpaired) electrons. The summed E-state index contributed by atoms with van der Waals surface area (Å²) in [6, 6.07) is 6.93. The fourth-order valence-corrected chi connectivity index (χ4v) is 2.76. The van der Waals surface area contributed by atoms with E-state index in [4.69, 9.17) is 23.2 Å². The number of esters is 2. The Labute approximate surface area is 211 Å². The molecule has 14 nitrogen and oxygen atoms in total. The molecule has 0 aliphatic rings. The van der Waals surface area contributed by atoms with Crippen molar-refractivity contribution in [3.8, 4) is 0 Å². The Kier molecular flexibility index (Phi) is 9.83. The van der Waals surface area contributed by atoms with Crippen molar-refractivity contribution in [3.05, 3.63) is 78.8 Å². The van der Waals surface area contributed by atoms with Gasteiger partial charge in [0, 0.05) is 34.3 Å². The van der Waals surface area contributed by atoms with Crippen molar-refractivity contribution in [3.63, 3.8) is 0 Å². The summed E-state index contributed by atoms with van der Waals surface area (Å²) < 4.78 is 9.21. The third kappa shape index (κ3) is 8.66. The summed E-state index contributed by atoms with van der Waals surface area (Å²) in [5, 5.41) is 26.5. The molecule has 0 atom stereocenters. The van der Waals surface area contributed by atoms with Crippen LogP contribution in [0.5, 0.6) is 0 Å². The van der Waals surface area contributed by atoms with Gasteiger partial charge in [-0.1, -0.05) is 23.2 Å². The van der Waals surface area contributed by atoms with E-state index in [1.807, 2.05) is 0 Å². The first-order valence-corrected chi connectivity index (χ1v) is 10.2. The molecule has 16 heteroatoms. The summed E-state index contributed by atoms with van der Waals surface area (Å²) in [4.78, 5) is 67.6. The lowest BCUT2D eigenvalue weighted by Gasteiger charge is -2.07. The first kappa shape index (κ1) is 27.7. The van der Waals surface area contributed by atoms with Gasteiger partial charge in [-0.25, -0.2) is 9.59 Å². The number of carbonyl (C=O) groups excluding carboxylic acids is 4. The van der Waals surface area contributed by atoms with E-state index >= 15 is 0 Å². The number of nitro groups is 2. The fraction of sp³-hybridized carbons (Fsp3) is 0.100. The second kappa shape index (κ2) is 12.8. The van der Waals surface area contributed by atoms with Crippen LogP contribution in [0.4, 0.5) is 22.7 Å². The quantitative estimate of drug-likeness (QED) is 0.195. The molecule has 0 unspecified atom stereocenters. The van der Waals surface area contributed by atoms with E-state index in [1.165, 1.54) is 12.1 Å². The summed E-state index contributed by atoms with van der Waals surface area (Å²) in [6.07, 6.45) is 1.22. The van der Waals surface area contributed by atoms with E-state index in [0.29, 0.717) is 12.2 Å². The number of rotatable bonds is 10. The van der Waals surface area contributed by atoms with Gasteiger partial charge in [-0.2, -0.15) is 0 Å². The predicted octanol–water partition coefficient (Wildman–Crippen LogP) is 3.03. The summed E-state index contributed by atoms with van der Waals surface area (Å²) in [7, 11) is 0. The Hall–Kier alpha value is -4.56. The van der Waals surface area contributed by atoms with Crippen molar-refractivity contribution in [1.29, 1.82) is 0 Å². The van der Waals surface area contributed by atoms with Gasteiger partial charge in [0.05, 0.1) is 9.85 Å². The third-order valence-electron chi connectivity index (χ3n) is 3.91. The number of benzene rings is 2. The molecule has 0 aliphatic heterocycles. The van der Waals surface area contributed by atoms with E-state index in [2.05, 4.69) is 20.1 Å². The van der Waals surface area contributed by atoms with Gasteiger partial charge in [0.2, 0.25) is 0 Å². The highest BCUT2D eigenvalue weighted by Gasteiger charge is 2.18. The largest absolute Gasteiger partial charge is 0.452 e. The van der Waals surface area contributed by atoms with Crippen molar-refractivity contribution in [2.45, 2.75) is 0 Å². The molecule has 2 aromatic rings. The maximum Gasteiger partial charge on any atom is 0.331 e. The molecule has 188 valence electrons. The smallest absolute Gasteiger partial charge is 0.331 e. The average Bonchev–Trinajstić information content (AvgIpc) is 2.79. The van der Waals surface area contributed by atoms with Crippen LogP contribution in [0.3, 0.4) is 0 Å². The van der Waals surface area contributed by atoms with Crippen LogP contribution in [0.15, 0.2) is 48.6 Å². The minimum atomic E-state index is -1.14. The number of nitrogens with zero attached hydrogens (tertiary/aromatic N) is 2. The monoisotopic (exact) mass is 540 g/mol. The number of hydrogen-bond donors (Lipinski definition) is 2. The standard InChI is InChI=1S/C20H14Cl2N4O10/c21-11-1-3-15(25(31)32)13(7-11)23-17(27)9-35-19(29)5-6-20(30)36-10-18(28)24-14-8-12(22)2-4-16(14)26(33)34/h1-8H,9-10H2,(H,23,27)(H,24,28). The van der Waals surface area contributed by atoms with E-state index in [1.54, 1.807) is 0 Å². The highest BCUT2D eigenvalue weighted by molar-refractivity contribution is 6.31. The number of anilines is 2. The predicted molar refractivity (Wildman–Crippen MR) is 125 cm³/mol. The number of hydrogen-bond acceptors (Lipinski definition) is 10. The maximum atomic E-state index is 11.9. The molecule has 36 heavy (non-hydrogen) atoms. The molecule has 0 spiro atoms. The number of nitrogens with one attached hydrogen (secondary N) is 2. The van der Waals surface area contributed by atoms with Gasteiger partial charge in [-0.05, 0) is 24.3 Å². The maximum absolute atomic E-state index is 11.9. The summed E-state index contributed by atoms with van der Waals surface area (Å²) in [5.74, 6) is -4.11. The molecule has 0 aromatic heterocycles. The van der Waals surface area contributed by atoms with Gasteiger partial charge in [0.1, 0.15) is 11.4 Å². The number of amides is 2. The van der Waals surface area contributed by atoms with Gasteiger partial charge < -0.3 is 20.1 Å². The molecular formula is C20H14Cl2N4O10. The van der Waals surface area contributed by atoms with Crippen LogP contribution in [0.2, 0.25) is 10.0 Å². The van der Waals surface area contributed by atoms with E-state index in [0.717, 1.165) is 24.3 Å². The Morgan fingerprint density at radius 3 is 1.44 bits per heavy atom. The number of ether oxygens (including phenoxy) is 2. The van der Waals surface area contributed by atoms with Crippen molar-refractivity contribution in [2.24, 2.45) is 0 Å². The van der Waals surface area contributed by atoms with Gasteiger partial charge in [0.25, 0.3) is 23.2 Å². The zero-order valence-electron chi connectivity index (χ0n) is 17.8. The summed E-state index contributed by atoms with van der Waals surface area (Å²) >= 11 is 11.5. The number of halogens is 2. The SMILES string of the molecule is O=C(COC(=O)C=CC(=O)OCC(=O)Nc1cc(Cl)ccc1[N+](=O)[O-])Nc1cc(Cl)ccc1[N+](=O)[O-]. The molecule has 2 aromatic carbocycles. The second-order valence-corrected chi connectivity index (χ2v) is 7.36. The number of carbonyl (C=O) groups is 4. The number of nitro benzene ring substituents is 2. The zero-order valence-corrected chi connectivity index (χ0v) is 19.3. The van der Waals surface area contributed by atoms with Crippen LogP contribution in [0, 0.1) is 20.2 Å². The summed E-state index contributed by atoms with van der Waals surface area (Å²) in [6.45, 7) is -1.69. The lowest BCUT2D eigenvalue weighted by Crippen LogP contribution is -2.21. The molecule has 0 aliphatic carbocycles. The molecule has 2 N–H and O–H groups in total. The van der Waals surface area contributed by atoms with Crippen LogP contribution in [-0.2, 0) is 28.7 Å². The molecule has 0 saturated carbocycles. The van der Waals surface area contributed by atoms with Crippen LogP contribution in [0.1, 0.15) is 0 Å². The van der Waals surface area contributed by atoms with Crippen molar-refractivity contribution < 1.29 is 38.5 Å². The topological polar surface area (TPSA) is 197 Å². The van der Waals surface area contributed by atoms with E-state index in [9.17, 15) is 39.4 Å². The van der Waals surface area contributed by atoms with Gasteiger partial charge >= 0.3 is 11.9 Å². The molecule has 0 bridgehead atoms. The lowest BCUT2D eigenvalue weighted by molar-refractivity contribution is -0.384. The zero-order chi connectivity index (χ0) is 26.8. The van der Waals surface area contributed by atoms with Crippen LogP contribution < -0.4 is 10.6 Å². The van der Waals surface area contributed by atoms with E-state index < -0.39 is 58.2 Å². The minimum absolute atomic E-state index is 0.119. The average molecular weight is 541 g/mol. The summed E-state index contributed by atoms with van der Waals surface area (Å²) in [5.41, 5.74) is -1.30. The first-order chi connectivity index (χ1) is 17.0. The first-order valence-electron chi connectivity index (χ1n) is 9.45. The highest BCUT2D eigenvalue weighted by Crippen LogP contribution is 2.28. The Morgan fingerprint density at radius 1 is 0.750 bits per heavy atom. The molecule has 0 heterocycles. The normalized spacial score (nSPS) is 10.4. The van der Waals surface area contributed by atoms with Crippen LogP contribution in [0.25, 0.3) is 0 Å². The second-order valence-electron chi connectivity index (χ2n) is 6.48. The molecule has 2 rings (SSSR count). The Morgan fingerprint density at radius 2 is 1.11 bits per heavy atom. The van der Waals surface area contributed by atoms with Gasteiger partial charge in [-0.15, -0.1) is 0 Å². The van der Waals surface area contributed by atoms with Crippen LogP contribution in [-0.4, -0.2) is 46.8 Å².